The molecule has 4 rings (SSSR count). The van der Waals surface area contributed by atoms with Gasteiger partial charge in [-0.3, -0.25) is 15.0 Å². The zero-order chi connectivity index (χ0) is 18.1. The maximum atomic E-state index is 14.1. The van der Waals surface area contributed by atoms with Gasteiger partial charge in [0.05, 0.1) is 11.4 Å². The maximum absolute atomic E-state index is 14.1. The number of hydrogen-bond acceptors (Lipinski definition) is 2. The molecule has 0 unspecified atom stereocenters. The van der Waals surface area contributed by atoms with Crippen molar-refractivity contribution >= 4 is 23.6 Å². The first-order valence-electron chi connectivity index (χ1n) is 7.99. The lowest BCUT2D eigenvalue weighted by Gasteiger charge is -2.13. The quantitative estimate of drug-likeness (QED) is 0.585. The van der Waals surface area contributed by atoms with Gasteiger partial charge in [0, 0.05) is 11.9 Å². The molecule has 1 fully saturated rings. The van der Waals surface area contributed by atoms with Crippen LogP contribution in [0.1, 0.15) is 5.69 Å². The van der Waals surface area contributed by atoms with E-state index in [1.54, 1.807) is 65.4 Å². The van der Waals surface area contributed by atoms with Gasteiger partial charge < -0.3 is 4.57 Å². The fourth-order valence-corrected chi connectivity index (χ4v) is 2.84. The van der Waals surface area contributed by atoms with Gasteiger partial charge in [0.2, 0.25) is 0 Å². The number of nitrogens with zero attached hydrogens (tertiary/aromatic N) is 2. The van der Waals surface area contributed by atoms with Crippen molar-refractivity contribution < 1.29 is 14.0 Å². The van der Waals surface area contributed by atoms with Gasteiger partial charge in [-0.2, -0.15) is 0 Å². The summed E-state index contributed by atoms with van der Waals surface area (Å²) in [5.41, 5.74) is 3.98. The van der Waals surface area contributed by atoms with Gasteiger partial charge in [0.25, 0.3) is 11.8 Å². The molecular formula is C20H14FN3O2. The zero-order valence-electron chi connectivity index (χ0n) is 13.6. The second kappa shape index (κ2) is 6.33. The molecule has 2 aromatic carbocycles. The molecule has 1 N–H and O–H groups in total. The second-order valence-electron chi connectivity index (χ2n) is 5.73. The van der Waals surface area contributed by atoms with E-state index in [1.807, 2.05) is 6.07 Å². The lowest BCUT2D eigenvalue weighted by molar-refractivity contribution is -0.117. The summed E-state index contributed by atoms with van der Waals surface area (Å²) in [7, 11) is 0. The number of hydrogen-bond donors (Lipinski definition) is 1. The highest BCUT2D eigenvalue weighted by atomic mass is 19.1. The Morgan fingerprint density at radius 1 is 0.885 bits per heavy atom. The Hall–Kier alpha value is -3.67. The Balaban J connectivity index is 1.72. The van der Waals surface area contributed by atoms with Crippen LogP contribution < -0.4 is 10.4 Å². The number of hydrazine groups is 1. The van der Waals surface area contributed by atoms with E-state index in [0.29, 0.717) is 17.1 Å². The Kier molecular flexibility index (Phi) is 3.85. The Morgan fingerprint density at radius 2 is 1.62 bits per heavy atom. The van der Waals surface area contributed by atoms with Crippen LogP contribution in [0.3, 0.4) is 0 Å². The van der Waals surface area contributed by atoms with Crippen LogP contribution in [-0.2, 0) is 9.59 Å². The van der Waals surface area contributed by atoms with E-state index >= 15 is 0 Å². The van der Waals surface area contributed by atoms with Crippen LogP contribution in [-0.4, -0.2) is 16.4 Å². The summed E-state index contributed by atoms with van der Waals surface area (Å²) in [4.78, 5) is 24.9. The summed E-state index contributed by atoms with van der Waals surface area (Å²) in [6.07, 6.45) is 3.14. The summed E-state index contributed by atoms with van der Waals surface area (Å²) < 4.78 is 15.7. The summed E-state index contributed by atoms with van der Waals surface area (Å²) in [6.45, 7) is 0. The molecule has 6 heteroatoms. The maximum Gasteiger partial charge on any atom is 0.282 e. The molecule has 2 amide bonds. The number of halogens is 1. The molecule has 0 spiro atoms. The number of carbonyl (C=O) groups is 2. The minimum atomic E-state index is -0.500. The average Bonchev–Trinajstić information content (AvgIpc) is 3.23. The highest BCUT2D eigenvalue weighted by Gasteiger charge is 2.34. The largest absolute Gasteiger partial charge is 0.314 e. The first kappa shape index (κ1) is 15.8. The van der Waals surface area contributed by atoms with Crippen molar-refractivity contribution in [1.29, 1.82) is 0 Å². The molecule has 0 atom stereocenters. The van der Waals surface area contributed by atoms with Crippen LogP contribution in [0.5, 0.6) is 0 Å². The fraction of sp³-hybridized carbons (Fsp3) is 0. The third kappa shape index (κ3) is 2.67. The van der Waals surface area contributed by atoms with Crippen LogP contribution >= 0.6 is 0 Å². The molecule has 1 aromatic heterocycles. The molecule has 0 saturated carbocycles. The van der Waals surface area contributed by atoms with Gasteiger partial charge in [-0.15, -0.1) is 0 Å². The number of benzene rings is 2. The number of nitrogens with one attached hydrogen (secondary N) is 1. The van der Waals surface area contributed by atoms with Gasteiger partial charge in [-0.05, 0) is 42.5 Å². The predicted octanol–water partition coefficient (Wildman–Crippen LogP) is 3.08. The van der Waals surface area contributed by atoms with Gasteiger partial charge in [0.15, 0.2) is 0 Å². The van der Waals surface area contributed by atoms with E-state index < -0.39 is 17.6 Å². The van der Waals surface area contributed by atoms with Crippen LogP contribution in [0.15, 0.2) is 78.5 Å². The van der Waals surface area contributed by atoms with Crippen LogP contribution in [0.2, 0.25) is 0 Å². The third-order valence-corrected chi connectivity index (χ3v) is 4.09. The highest BCUT2D eigenvalue weighted by molar-refractivity contribution is 6.31. The molecule has 1 aliphatic heterocycles. The van der Waals surface area contributed by atoms with Crippen molar-refractivity contribution in [3.63, 3.8) is 0 Å². The standard InChI is InChI=1S/C20H14FN3O2/c21-17-10-4-5-11-18(17)23-12-6-9-15(23)13-16-19(25)22-24(20(16)26)14-7-2-1-3-8-14/h1-13H,(H,22,25). The smallest absolute Gasteiger partial charge is 0.282 e. The SMILES string of the molecule is O=C1NN(c2ccccc2)C(=O)C1=Cc1cccn1-c1ccccc1F. The van der Waals surface area contributed by atoms with Crippen molar-refractivity contribution in [2.75, 3.05) is 5.01 Å². The van der Waals surface area contributed by atoms with E-state index in [4.69, 9.17) is 0 Å². The normalized spacial score (nSPS) is 15.6. The topological polar surface area (TPSA) is 54.3 Å². The monoisotopic (exact) mass is 347 g/mol. The lowest BCUT2D eigenvalue weighted by atomic mass is 10.2. The number of aromatic nitrogens is 1. The summed E-state index contributed by atoms with van der Waals surface area (Å²) in [5, 5.41) is 1.20. The molecule has 2 heterocycles. The van der Waals surface area contributed by atoms with Gasteiger partial charge in [0.1, 0.15) is 11.4 Å². The number of amides is 2. The van der Waals surface area contributed by atoms with E-state index in [0.717, 1.165) is 0 Å². The predicted molar refractivity (Wildman–Crippen MR) is 95.8 cm³/mol. The van der Waals surface area contributed by atoms with Crippen molar-refractivity contribution in [3.05, 3.63) is 90.0 Å². The Morgan fingerprint density at radius 3 is 2.38 bits per heavy atom. The van der Waals surface area contributed by atoms with E-state index in [-0.39, 0.29) is 5.57 Å². The van der Waals surface area contributed by atoms with Crippen molar-refractivity contribution in [3.8, 4) is 5.69 Å². The molecule has 26 heavy (non-hydrogen) atoms. The summed E-state index contributed by atoms with van der Waals surface area (Å²) in [5.74, 6) is -1.35. The number of rotatable bonds is 3. The minimum Gasteiger partial charge on any atom is -0.314 e. The van der Waals surface area contributed by atoms with Gasteiger partial charge in [-0.25, -0.2) is 9.40 Å². The van der Waals surface area contributed by atoms with E-state index in [9.17, 15) is 14.0 Å². The fourth-order valence-electron chi connectivity index (χ4n) is 2.84. The van der Waals surface area contributed by atoms with Crippen LogP contribution in [0.4, 0.5) is 10.1 Å². The molecule has 0 radical (unpaired) electrons. The zero-order valence-corrected chi connectivity index (χ0v) is 13.6. The van der Waals surface area contributed by atoms with Gasteiger partial charge >= 0.3 is 0 Å². The molecular weight excluding hydrogens is 333 g/mol. The van der Waals surface area contributed by atoms with Crippen LogP contribution in [0.25, 0.3) is 11.8 Å². The van der Waals surface area contributed by atoms with Crippen molar-refractivity contribution in [2.24, 2.45) is 0 Å². The molecule has 1 saturated heterocycles. The number of carbonyl (C=O) groups excluding carboxylic acids is 2. The second-order valence-corrected chi connectivity index (χ2v) is 5.73. The Labute approximate surface area is 148 Å². The first-order chi connectivity index (χ1) is 12.6. The van der Waals surface area contributed by atoms with Crippen molar-refractivity contribution in [2.45, 2.75) is 0 Å². The third-order valence-electron chi connectivity index (χ3n) is 4.09. The van der Waals surface area contributed by atoms with Crippen molar-refractivity contribution in [1.82, 2.24) is 9.99 Å². The van der Waals surface area contributed by atoms with E-state index in [2.05, 4.69) is 5.43 Å². The number of para-hydroxylation sites is 2. The minimum absolute atomic E-state index is 0.00913. The Bertz CT molecular complexity index is 1020. The van der Waals surface area contributed by atoms with Crippen LogP contribution in [0, 0.1) is 5.82 Å². The first-order valence-corrected chi connectivity index (χ1v) is 7.99. The van der Waals surface area contributed by atoms with Gasteiger partial charge in [-0.1, -0.05) is 30.3 Å². The lowest BCUT2D eigenvalue weighted by Crippen LogP contribution is -2.35. The molecule has 1 aliphatic rings. The average molecular weight is 347 g/mol. The molecule has 128 valence electrons. The highest BCUT2D eigenvalue weighted by Crippen LogP contribution is 2.23. The molecule has 3 aromatic rings. The summed E-state index contributed by atoms with van der Waals surface area (Å²) in [6, 6.07) is 18.6. The molecule has 0 bridgehead atoms. The number of anilines is 1. The summed E-state index contributed by atoms with van der Waals surface area (Å²) >= 11 is 0. The van der Waals surface area contributed by atoms with E-state index in [1.165, 1.54) is 17.2 Å². The molecule has 5 nitrogen and oxygen atoms in total. The molecule has 0 aliphatic carbocycles.